The van der Waals surface area contributed by atoms with Gasteiger partial charge in [0.25, 0.3) is 0 Å². The maximum Gasteiger partial charge on any atom is 0.220 e. The van der Waals surface area contributed by atoms with E-state index in [1.807, 2.05) is 72.6 Å². The van der Waals surface area contributed by atoms with Crippen LogP contribution in [0.3, 0.4) is 0 Å². The maximum absolute atomic E-state index is 12.5. The molecule has 1 aliphatic rings. The van der Waals surface area contributed by atoms with Gasteiger partial charge in [0.1, 0.15) is 5.75 Å². The third-order valence-electron chi connectivity index (χ3n) is 9.23. The van der Waals surface area contributed by atoms with Gasteiger partial charge in [-0.2, -0.15) is 0 Å². The standard InChI is InChI=1S/C42H51N3O7/c1-29(47)43-20-5-3-4-15-41(50)44-25-31-9-6-10-33(21-31)34-11-7-13-36(22-34)42-51-38(24-40(52-42)32-18-16-30(28-46)17-19-32)26-45(2)27-39(49)35-12-8-14-37(48)23-35/h6-14,16-19,21-23,38-40,42,46,48-49H,3-5,15,20,24-28H2,1-2H3,(H,43,47)(H,44,50)/t38-,39+,40+,42+/m0/s1. The number of likely N-dealkylation sites (N-methyl/N-ethyl adjacent to an activating group) is 1. The van der Waals surface area contributed by atoms with Gasteiger partial charge in [0.15, 0.2) is 6.29 Å². The number of hydrogen-bond donors (Lipinski definition) is 5. The van der Waals surface area contributed by atoms with Crippen molar-refractivity contribution in [3.8, 4) is 16.9 Å². The average Bonchev–Trinajstić information content (AvgIpc) is 3.15. The van der Waals surface area contributed by atoms with Gasteiger partial charge in [-0.1, -0.05) is 79.2 Å². The first-order valence-electron chi connectivity index (χ1n) is 18.0. The van der Waals surface area contributed by atoms with Crippen LogP contribution in [0.15, 0.2) is 97.1 Å². The fraction of sp³-hybridized carbons (Fsp3) is 0.381. The molecule has 52 heavy (non-hydrogen) atoms. The minimum absolute atomic E-state index is 0.00755. The van der Waals surface area contributed by atoms with Crippen LogP contribution in [0.4, 0.5) is 0 Å². The van der Waals surface area contributed by atoms with Gasteiger partial charge in [0.2, 0.25) is 11.8 Å². The van der Waals surface area contributed by atoms with Crippen molar-refractivity contribution < 1.29 is 34.4 Å². The predicted molar refractivity (Wildman–Crippen MR) is 200 cm³/mol. The summed E-state index contributed by atoms with van der Waals surface area (Å²) >= 11 is 0. The fourth-order valence-corrected chi connectivity index (χ4v) is 6.45. The van der Waals surface area contributed by atoms with Crippen LogP contribution in [0.1, 0.15) is 85.3 Å². The minimum atomic E-state index is -0.776. The zero-order valence-electron chi connectivity index (χ0n) is 30.0. The van der Waals surface area contributed by atoms with Crippen molar-refractivity contribution >= 4 is 11.8 Å². The molecule has 10 nitrogen and oxygen atoms in total. The third kappa shape index (κ3) is 11.7. The van der Waals surface area contributed by atoms with E-state index in [0.717, 1.165) is 52.6 Å². The van der Waals surface area contributed by atoms with E-state index < -0.39 is 12.4 Å². The zero-order chi connectivity index (χ0) is 36.9. The smallest absolute Gasteiger partial charge is 0.220 e. The Kier molecular flexibility index (Phi) is 14.4. The number of rotatable bonds is 17. The van der Waals surface area contributed by atoms with E-state index in [0.29, 0.717) is 44.6 Å². The van der Waals surface area contributed by atoms with Crippen LogP contribution in [0.25, 0.3) is 11.1 Å². The highest BCUT2D eigenvalue weighted by molar-refractivity contribution is 5.76. The quantitative estimate of drug-likeness (QED) is 0.0833. The molecule has 1 fully saturated rings. The van der Waals surface area contributed by atoms with E-state index in [9.17, 15) is 24.9 Å². The summed E-state index contributed by atoms with van der Waals surface area (Å²) < 4.78 is 13.2. The lowest BCUT2D eigenvalue weighted by molar-refractivity contribution is -0.252. The van der Waals surface area contributed by atoms with Crippen LogP contribution < -0.4 is 10.6 Å². The summed E-state index contributed by atoms with van der Waals surface area (Å²) in [6.45, 7) is 3.44. The van der Waals surface area contributed by atoms with Crippen molar-refractivity contribution in [1.29, 1.82) is 0 Å². The van der Waals surface area contributed by atoms with Crippen molar-refractivity contribution in [3.05, 3.63) is 125 Å². The predicted octanol–water partition coefficient (Wildman–Crippen LogP) is 6.08. The number of unbranched alkanes of at least 4 members (excludes halogenated alkanes) is 2. The number of benzene rings is 4. The first-order valence-corrected chi connectivity index (χ1v) is 18.0. The number of nitrogens with zero attached hydrogens (tertiary/aromatic N) is 1. The Morgan fingerprint density at radius 3 is 2.35 bits per heavy atom. The van der Waals surface area contributed by atoms with Gasteiger partial charge < -0.3 is 40.3 Å². The highest BCUT2D eigenvalue weighted by Gasteiger charge is 2.33. The van der Waals surface area contributed by atoms with E-state index in [-0.39, 0.29) is 36.4 Å². The molecule has 0 spiro atoms. The van der Waals surface area contributed by atoms with E-state index >= 15 is 0 Å². The molecule has 0 aliphatic carbocycles. The maximum atomic E-state index is 12.5. The van der Waals surface area contributed by atoms with Crippen molar-refractivity contribution in [2.75, 3.05) is 26.7 Å². The molecule has 0 aromatic heterocycles. The van der Waals surface area contributed by atoms with Crippen LogP contribution >= 0.6 is 0 Å². The number of carbonyl (C=O) groups is 2. The monoisotopic (exact) mass is 709 g/mol. The number of aliphatic hydroxyl groups is 2. The largest absolute Gasteiger partial charge is 0.508 e. The van der Waals surface area contributed by atoms with Crippen molar-refractivity contribution in [3.63, 3.8) is 0 Å². The molecular formula is C42H51N3O7. The molecule has 0 bridgehead atoms. The Hall–Kier alpha value is -4.58. The molecule has 5 rings (SSSR count). The molecule has 4 aromatic carbocycles. The first kappa shape index (κ1) is 38.6. The number of carbonyl (C=O) groups excluding carboxylic acids is 2. The number of nitrogens with one attached hydrogen (secondary N) is 2. The second-order valence-corrected chi connectivity index (χ2v) is 13.6. The normalized spacial score (nSPS) is 17.8. The van der Waals surface area contributed by atoms with Crippen molar-refractivity contribution in [1.82, 2.24) is 15.5 Å². The molecule has 1 saturated heterocycles. The van der Waals surface area contributed by atoms with Crippen molar-refractivity contribution in [2.24, 2.45) is 0 Å². The zero-order valence-corrected chi connectivity index (χ0v) is 30.0. The van der Waals surface area contributed by atoms with Gasteiger partial charge in [-0.05, 0) is 77.5 Å². The minimum Gasteiger partial charge on any atom is -0.508 e. The fourth-order valence-electron chi connectivity index (χ4n) is 6.45. The van der Waals surface area contributed by atoms with Gasteiger partial charge in [-0.25, -0.2) is 0 Å². The summed E-state index contributed by atoms with van der Waals surface area (Å²) in [4.78, 5) is 25.5. The Bertz CT molecular complexity index is 1750. The molecule has 2 amide bonds. The van der Waals surface area contributed by atoms with Crippen LogP contribution in [-0.4, -0.2) is 64.8 Å². The molecule has 1 heterocycles. The van der Waals surface area contributed by atoms with E-state index in [1.54, 1.807) is 24.3 Å². The first-order chi connectivity index (χ1) is 25.2. The SMILES string of the molecule is CC(=O)NCCCCCC(=O)NCc1cccc(-c2cccc([C@@H]3O[C@H](CN(C)C[C@@H](O)c4cccc(O)c4)C[C@H](c4ccc(CO)cc4)O3)c2)c1. The lowest BCUT2D eigenvalue weighted by Gasteiger charge is -2.38. The summed E-state index contributed by atoms with van der Waals surface area (Å²) in [6.07, 6.45) is 1.67. The number of ether oxygens (including phenoxy) is 2. The summed E-state index contributed by atoms with van der Waals surface area (Å²) in [7, 11) is 1.94. The number of aliphatic hydroxyl groups excluding tert-OH is 2. The Labute approximate surface area is 306 Å². The van der Waals surface area contributed by atoms with Gasteiger partial charge in [0, 0.05) is 51.5 Å². The lowest BCUT2D eigenvalue weighted by Crippen LogP contribution is -2.39. The molecule has 4 atom stereocenters. The highest BCUT2D eigenvalue weighted by atomic mass is 16.7. The Morgan fingerprint density at radius 1 is 0.846 bits per heavy atom. The lowest BCUT2D eigenvalue weighted by atomic mass is 9.98. The Balaban J connectivity index is 1.25. The highest BCUT2D eigenvalue weighted by Crippen LogP contribution is 2.39. The number of aromatic hydroxyl groups is 1. The van der Waals surface area contributed by atoms with Crippen LogP contribution in [0.2, 0.25) is 0 Å². The summed E-state index contributed by atoms with van der Waals surface area (Å²) in [6, 6.07) is 30.7. The average molecular weight is 710 g/mol. The molecule has 0 unspecified atom stereocenters. The van der Waals surface area contributed by atoms with Crippen LogP contribution in [-0.2, 0) is 32.2 Å². The van der Waals surface area contributed by atoms with Crippen molar-refractivity contribution in [2.45, 2.75) is 76.8 Å². The molecule has 4 aromatic rings. The van der Waals surface area contributed by atoms with E-state index in [1.165, 1.54) is 6.92 Å². The molecule has 0 radical (unpaired) electrons. The molecule has 10 heteroatoms. The summed E-state index contributed by atoms with van der Waals surface area (Å²) in [5.74, 6) is 0.0870. The van der Waals surface area contributed by atoms with Crippen LogP contribution in [0.5, 0.6) is 5.75 Å². The number of phenols is 1. The molecule has 1 aliphatic heterocycles. The van der Waals surface area contributed by atoms with Gasteiger partial charge in [0.05, 0.1) is 24.9 Å². The molecular weight excluding hydrogens is 658 g/mol. The second kappa shape index (κ2) is 19.3. The third-order valence-corrected chi connectivity index (χ3v) is 9.23. The molecule has 0 saturated carbocycles. The number of amides is 2. The molecule has 276 valence electrons. The van der Waals surface area contributed by atoms with Gasteiger partial charge in [-0.15, -0.1) is 0 Å². The van der Waals surface area contributed by atoms with Gasteiger partial charge >= 0.3 is 0 Å². The number of phenolic OH excluding ortho intramolecular Hbond substituents is 1. The molecule has 5 N–H and O–H groups in total. The van der Waals surface area contributed by atoms with E-state index in [2.05, 4.69) is 22.8 Å². The van der Waals surface area contributed by atoms with Crippen LogP contribution in [0, 0.1) is 0 Å². The van der Waals surface area contributed by atoms with E-state index in [4.69, 9.17) is 9.47 Å². The van der Waals surface area contributed by atoms with Gasteiger partial charge in [-0.3, -0.25) is 9.59 Å². The summed E-state index contributed by atoms with van der Waals surface area (Å²) in [5.41, 5.74) is 6.34. The second-order valence-electron chi connectivity index (χ2n) is 13.6. The Morgan fingerprint density at radius 2 is 1.60 bits per heavy atom. The number of hydrogen-bond acceptors (Lipinski definition) is 8. The summed E-state index contributed by atoms with van der Waals surface area (Å²) in [5, 5.41) is 36.1. The topological polar surface area (TPSA) is 141 Å².